The van der Waals surface area contributed by atoms with Crippen molar-refractivity contribution in [1.82, 2.24) is 4.90 Å². The van der Waals surface area contributed by atoms with E-state index in [0.29, 0.717) is 16.4 Å². The minimum absolute atomic E-state index is 0.284. The quantitative estimate of drug-likeness (QED) is 0.816. The summed E-state index contributed by atoms with van der Waals surface area (Å²) in [5.74, 6) is 0.841. The molecule has 0 amide bonds. The number of halogens is 1. The molecule has 18 heavy (non-hydrogen) atoms. The molecule has 0 saturated carbocycles. The van der Waals surface area contributed by atoms with Crippen molar-refractivity contribution < 1.29 is 4.74 Å². The molecule has 0 aliphatic carbocycles. The van der Waals surface area contributed by atoms with Crippen LogP contribution in [-0.2, 0) is 6.54 Å². The van der Waals surface area contributed by atoms with Crippen molar-refractivity contribution in [3.63, 3.8) is 0 Å². The van der Waals surface area contributed by atoms with Gasteiger partial charge in [-0.3, -0.25) is 4.90 Å². The fourth-order valence-corrected chi connectivity index (χ4v) is 2.18. The number of hydrogen-bond donors (Lipinski definition) is 1. The molecule has 1 aromatic rings. The first kappa shape index (κ1) is 15.2. The van der Waals surface area contributed by atoms with Crippen molar-refractivity contribution in [1.29, 1.82) is 0 Å². The second kappa shape index (κ2) is 6.92. The number of nitrogens with two attached hydrogens (primary N) is 1. The van der Waals surface area contributed by atoms with Gasteiger partial charge in [-0.1, -0.05) is 23.8 Å². The Morgan fingerprint density at radius 3 is 2.78 bits per heavy atom. The van der Waals surface area contributed by atoms with Crippen molar-refractivity contribution in [2.45, 2.75) is 25.9 Å². The van der Waals surface area contributed by atoms with Gasteiger partial charge in [-0.15, -0.1) is 0 Å². The Bertz CT molecular complexity index is 425. The number of hydrogen-bond acceptors (Lipinski definition) is 3. The number of benzene rings is 1. The largest absolute Gasteiger partial charge is 0.496 e. The summed E-state index contributed by atoms with van der Waals surface area (Å²) >= 11 is 10.9. The highest BCUT2D eigenvalue weighted by Crippen LogP contribution is 2.24. The van der Waals surface area contributed by atoms with E-state index in [2.05, 4.69) is 11.8 Å². The Morgan fingerprint density at radius 2 is 2.22 bits per heavy atom. The summed E-state index contributed by atoms with van der Waals surface area (Å²) in [5.41, 5.74) is 6.62. The van der Waals surface area contributed by atoms with Crippen molar-refractivity contribution in [3.05, 3.63) is 28.8 Å². The summed E-state index contributed by atoms with van der Waals surface area (Å²) in [6.07, 6.45) is 0.703. The van der Waals surface area contributed by atoms with Gasteiger partial charge < -0.3 is 10.5 Å². The van der Waals surface area contributed by atoms with Crippen molar-refractivity contribution in [3.8, 4) is 5.75 Å². The lowest BCUT2D eigenvalue weighted by Crippen LogP contribution is -2.32. The van der Waals surface area contributed by atoms with Crippen molar-refractivity contribution in [2.75, 3.05) is 14.2 Å². The molecule has 0 aliphatic heterocycles. The summed E-state index contributed by atoms with van der Waals surface area (Å²) in [4.78, 5) is 2.71. The first-order valence-electron chi connectivity index (χ1n) is 5.75. The molecule has 100 valence electrons. The van der Waals surface area contributed by atoms with Gasteiger partial charge in [-0.25, -0.2) is 0 Å². The van der Waals surface area contributed by atoms with E-state index in [4.69, 9.17) is 34.3 Å². The molecule has 0 bridgehead atoms. The normalized spacial score (nSPS) is 12.5. The minimum atomic E-state index is 0.284. The van der Waals surface area contributed by atoms with Crippen LogP contribution in [0.4, 0.5) is 0 Å². The Balaban J connectivity index is 2.77. The molecule has 0 saturated heterocycles. The zero-order valence-electron chi connectivity index (χ0n) is 10.9. The first-order chi connectivity index (χ1) is 8.43. The van der Waals surface area contributed by atoms with E-state index in [1.54, 1.807) is 7.11 Å². The highest BCUT2D eigenvalue weighted by molar-refractivity contribution is 7.80. The van der Waals surface area contributed by atoms with E-state index in [9.17, 15) is 0 Å². The third-order valence-electron chi connectivity index (χ3n) is 2.91. The maximum absolute atomic E-state index is 6.01. The van der Waals surface area contributed by atoms with Crippen LogP contribution >= 0.6 is 23.8 Å². The van der Waals surface area contributed by atoms with Crippen LogP contribution in [0.2, 0.25) is 5.02 Å². The maximum atomic E-state index is 6.01. The standard InChI is InChI=1S/C13H19ClN2OS/c1-9(6-13(15)18)16(2)8-10-7-11(14)4-5-12(10)17-3/h4-5,7,9H,6,8H2,1-3H3,(H2,15,18). The van der Waals surface area contributed by atoms with Gasteiger partial charge in [0.2, 0.25) is 0 Å². The van der Waals surface area contributed by atoms with Crippen LogP contribution in [0.3, 0.4) is 0 Å². The average Bonchev–Trinajstić information content (AvgIpc) is 2.28. The Hall–Kier alpha value is -0.840. The molecule has 1 unspecified atom stereocenters. The van der Waals surface area contributed by atoms with Crippen LogP contribution < -0.4 is 10.5 Å². The predicted molar refractivity (Wildman–Crippen MR) is 80.3 cm³/mol. The summed E-state index contributed by atoms with van der Waals surface area (Å²) < 4.78 is 5.33. The molecule has 1 aromatic carbocycles. The lowest BCUT2D eigenvalue weighted by molar-refractivity contribution is 0.251. The zero-order valence-corrected chi connectivity index (χ0v) is 12.5. The predicted octanol–water partition coefficient (Wildman–Crippen LogP) is 2.85. The molecular weight excluding hydrogens is 268 g/mol. The van der Waals surface area contributed by atoms with Crippen LogP contribution in [0.15, 0.2) is 18.2 Å². The topological polar surface area (TPSA) is 38.5 Å². The number of ether oxygens (including phenoxy) is 1. The van der Waals surface area contributed by atoms with Gasteiger partial charge >= 0.3 is 0 Å². The van der Waals surface area contributed by atoms with Gasteiger partial charge in [0, 0.05) is 29.6 Å². The molecule has 2 N–H and O–H groups in total. The first-order valence-corrected chi connectivity index (χ1v) is 6.53. The van der Waals surface area contributed by atoms with E-state index in [1.807, 2.05) is 25.2 Å². The van der Waals surface area contributed by atoms with Crippen molar-refractivity contribution >= 4 is 28.8 Å². The molecule has 1 atom stereocenters. The fraction of sp³-hybridized carbons (Fsp3) is 0.462. The highest BCUT2D eigenvalue weighted by Gasteiger charge is 2.13. The number of thiocarbonyl (C=S) groups is 1. The SMILES string of the molecule is COc1ccc(Cl)cc1CN(C)C(C)CC(N)=S. The molecular formula is C13H19ClN2OS. The second-order valence-corrected chi connectivity index (χ2v) is 5.35. The zero-order chi connectivity index (χ0) is 13.7. The molecule has 5 heteroatoms. The molecule has 0 aromatic heterocycles. The molecule has 0 fully saturated rings. The fourth-order valence-electron chi connectivity index (χ4n) is 1.74. The molecule has 3 nitrogen and oxygen atoms in total. The molecule has 0 spiro atoms. The van der Waals surface area contributed by atoms with Crippen LogP contribution in [-0.4, -0.2) is 30.1 Å². The Morgan fingerprint density at radius 1 is 1.56 bits per heavy atom. The number of nitrogens with zero attached hydrogens (tertiary/aromatic N) is 1. The monoisotopic (exact) mass is 286 g/mol. The van der Waals surface area contributed by atoms with Gasteiger partial charge in [-0.2, -0.15) is 0 Å². The Kier molecular flexibility index (Phi) is 5.85. The third-order valence-corrected chi connectivity index (χ3v) is 3.31. The van der Waals surface area contributed by atoms with Gasteiger partial charge in [0.15, 0.2) is 0 Å². The van der Waals surface area contributed by atoms with Crippen LogP contribution in [0.1, 0.15) is 18.9 Å². The van der Waals surface area contributed by atoms with E-state index < -0.39 is 0 Å². The Labute approximate surface area is 119 Å². The number of methoxy groups -OCH3 is 1. The van der Waals surface area contributed by atoms with E-state index in [-0.39, 0.29) is 6.04 Å². The maximum Gasteiger partial charge on any atom is 0.123 e. The van der Waals surface area contributed by atoms with Gasteiger partial charge in [0.1, 0.15) is 5.75 Å². The molecule has 0 heterocycles. The second-order valence-electron chi connectivity index (χ2n) is 4.39. The van der Waals surface area contributed by atoms with E-state index >= 15 is 0 Å². The summed E-state index contributed by atoms with van der Waals surface area (Å²) in [5, 5.41) is 0.709. The lowest BCUT2D eigenvalue weighted by Gasteiger charge is -2.25. The molecule has 0 radical (unpaired) electrons. The molecule has 0 aliphatic rings. The smallest absolute Gasteiger partial charge is 0.123 e. The minimum Gasteiger partial charge on any atom is -0.496 e. The van der Waals surface area contributed by atoms with Crippen LogP contribution in [0.5, 0.6) is 5.75 Å². The molecule has 1 rings (SSSR count). The van der Waals surface area contributed by atoms with Crippen LogP contribution in [0, 0.1) is 0 Å². The van der Waals surface area contributed by atoms with Gasteiger partial charge in [0.05, 0.1) is 12.1 Å². The third kappa shape index (κ3) is 4.44. The summed E-state index contributed by atoms with van der Waals surface area (Å²) in [7, 11) is 3.69. The van der Waals surface area contributed by atoms with Crippen molar-refractivity contribution in [2.24, 2.45) is 5.73 Å². The summed E-state index contributed by atoms with van der Waals surface area (Å²) in [6.45, 7) is 2.84. The summed E-state index contributed by atoms with van der Waals surface area (Å²) in [6, 6.07) is 5.90. The van der Waals surface area contributed by atoms with Gasteiger partial charge in [0.25, 0.3) is 0 Å². The average molecular weight is 287 g/mol. The van der Waals surface area contributed by atoms with Crippen LogP contribution in [0.25, 0.3) is 0 Å². The highest BCUT2D eigenvalue weighted by atomic mass is 35.5. The van der Waals surface area contributed by atoms with Gasteiger partial charge in [-0.05, 0) is 32.2 Å². The van der Waals surface area contributed by atoms with E-state index in [0.717, 1.165) is 17.9 Å². The van der Waals surface area contributed by atoms with E-state index in [1.165, 1.54) is 0 Å². The lowest BCUT2D eigenvalue weighted by atomic mass is 10.1. The number of rotatable bonds is 6.